The Kier molecular flexibility index (Phi) is 5.02. The molecule has 1 unspecified atom stereocenters. The van der Waals surface area contributed by atoms with Crippen molar-refractivity contribution in [2.24, 2.45) is 5.92 Å². The molecule has 2 fully saturated rings. The van der Waals surface area contributed by atoms with Crippen LogP contribution in [0, 0.1) is 5.92 Å². The van der Waals surface area contributed by atoms with Crippen LogP contribution in [-0.4, -0.2) is 68.5 Å². The van der Waals surface area contributed by atoms with Crippen molar-refractivity contribution < 1.29 is 8.42 Å². The van der Waals surface area contributed by atoms with Crippen LogP contribution in [0.4, 0.5) is 0 Å². The van der Waals surface area contributed by atoms with Crippen LogP contribution in [-0.2, 0) is 9.84 Å². The summed E-state index contributed by atoms with van der Waals surface area (Å²) in [6.45, 7) is 5.13. The van der Waals surface area contributed by atoms with Crippen LogP contribution in [0.2, 0.25) is 0 Å². The fourth-order valence-corrected chi connectivity index (χ4v) is 5.18. The molecule has 0 spiro atoms. The minimum Gasteiger partial charge on any atom is -0.303 e. The number of hydrogen-bond acceptors (Lipinski definition) is 4. The third-order valence-electron chi connectivity index (χ3n) is 5.35. The maximum Gasteiger partial charge on any atom is 0.152 e. The monoisotopic (exact) mass is 312 g/mol. The second-order valence-electron chi connectivity index (χ2n) is 6.87. The van der Waals surface area contributed by atoms with Crippen LogP contribution >= 0.6 is 0 Å². The largest absolute Gasteiger partial charge is 0.303 e. The third kappa shape index (κ3) is 4.30. The van der Waals surface area contributed by atoms with Crippen molar-refractivity contribution >= 4 is 9.84 Å². The number of likely N-dealkylation sites (tertiary alicyclic amines) is 1. The maximum absolute atomic E-state index is 11.5. The van der Waals surface area contributed by atoms with Gasteiger partial charge in [0.15, 0.2) is 9.84 Å². The molecule has 1 aliphatic carbocycles. The van der Waals surface area contributed by atoms with Gasteiger partial charge in [0.25, 0.3) is 0 Å². The molecule has 3 rings (SSSR count). The van der Waals surface area contributed by atoms with Crippen molar-refractivity contribution in [2.45, 2.75) is 38.1 Å². The van der Waals surface area contributed by atoms with Crippen molar-refractivity contribution in [1.29, 1.82) is 0 Å². The first kappa shape index (κ1) is 15.5. The first-order valence-corrected chi connectivity index (χ1v) is 10.3. The topological polar surface area (TPSA) is 40.6 Å². The van der Waals surface area contributed by atoms with Gasteiger partial charge in [0, 0.05) is 25.7 Å². The number of hydrogen-bond donors (Lipinski definition) is 0. The van der Waals surface area contributed by atoms with E-state index >= 15 is 0 Å². The van der Waals surface area contributed by atoms with Gasteiger partial charge >= 0.3 is 0 Å². The van der Waals surface area contributed by atoms with E-state index in [2.05, 4.69) is 22.0 Å². The van der Waals surface area contributed by atoms with E-state index in [9.17, 15) is 8.42 Å². The van der Waals surface area contributed by atoms with Gasteiger partial charge < -0.3 is 4.90 Å². The quantitative estimate of drug-likeness (QED) is 0.741. The summed E-state index contributed by atoms with van der Waals surface area (Å²) < 4.78 is 23.0. The lowest BCUT2D eigenvalue weighted by Gasteiger charge is -2.41. The molecule has 2 heterocycles. The van der Waals surface area contributed by atoms with Crippen molar-refractivity contribution in [1.82, 2.24) is 9.80 Å². The summed E-state index contributed by atoms with van der Waals surface area (Å²) in [4.78, 5) is 5.04. The van der Waals surface area contributed by atoms with Gasteiger partial charge in [0.2, 0.25) is 0 Å². The predicted molar refractivity (Wildman–Crippen MR) is 86.2 cm³/mol. The maximum atomic E-state index is 11.5. The summed E-state index contributed by atoms with van der Waals surface area (Å²) in [7, 11) is -2.74. The average molecular weight is 312 g/mol. The number of sulfone groups is 1. The SMILES string of the molecule is O=S1(=O)CCN(C2CCN(CC3CC=CCC3)CC2)CC1. The normalized spacial score (nSPS) is 32.3. The second kappa shape index (κ2) is 6.80. The molecule has 0 aromatic carbocycles. The molecular weight excluding hydrogens is 284 g/mol. The van der Waals surface area contributed by atoms with Crippen LogP contribution in [0.15, 0.2) is 12.2 Å². The molecule has 2 aliphatic heterocycles. The zero-order chi connectivity index (χ0) is 14.7. The second-order valence-corrected chi connectivity index (χ2v) is 9.17. The Morgan fingerprint density at radius 1 is 0.952 bits per heavy atom. The number of piperidine rings is 1. The Bertz CT molecular complexity index is 453. The molecule has 0 bridgehead atoms. The molecule has 120 valence electrons. The highest BCUT2D eigenvalue weighted by molar-refractivity contribution is 7.91. The van der Waals surface area contributed by atoms with Crippen LogP contribution in [0.25, 0.3) is 0 Å². The van der Waals surface area contributed by atoms with E-state index in [4.69, 9.17) is 0 Å². The average Bonchev–Trinajstić information content (AvgIpc) is 2.49. The van der Waals surface area contributed by atoms with E-state index in [-0.39, 0.29) is 0 Å². The summed E-state index contributed by atoms with van der Waals surface area (Å²) in [6, 6.07) is 0.614. The van der Waals surface area contributed by atoms with Crippen LogP contribution in [0.1, 0.15) is 32.1 Å². The van der Waals surface area contributed by atoms with Crippen LogP contribution < -0.4 is 0 Å². The highest BCUT2D eigenvalue weighted by atomic mass is 32.2. The molecule has 0 aromatic rings. The van der Waals surface area contributed by atoms with E-state index in [0.717, 1.165) is 19.0 Å². The van der Waals surface area contributed by atoms with E-state index in [1.54, 1.807) is 0 Å². The van der Waals surface area contributed by atoms with Gasteiger partial charge in [-0.1, -0.05) is 12.2 Å². The number of rotatable bonds is 3. The van der Waals surface area contributed by atoms with Gasteiger partial charge in [-0.25, -0.2) is 8.42 Å². The smallest absolute Gasteiger partial charge is 0.152 e. The lowest BCUT2D eigenvalue weighted by molar-refractivity contribution is 0.103. The van der Waals surface area contributed by atoms with Gasteiger partial charge in [-0.05, 0) is 51.1 Å². The lowest BCUT2D eigenvalue weighted by atomic mass is 9.92. The molecule has 0 saturated carbocycles. The van der Waals surface area contributed by atoms with E-state index in [1.807, 2.05) is 0 Å². The summed E-state index contributed by atoms with van der Waals surface area (Å²) in [5.74, 6) is 1.58. The van der Waals surface area contributed by atoms with E-state index in [1.165, 1.54) is 51.7 Å². The minimum absolute atomic E-state index is 0.363. The molecule has 2 saturated heterocycles. The molecule has 4 nitrogen and oxygen atoms in total. The summed E-state index contributed by atoms with van der Waals surface area (Å²) in [5.41, 5.74) is 0. The lowest BCUT2D eigenvalue weighted by Crippen LogP contribution is -2.50. The Hall–Kier alpha value is -0.390. The van der Waals surface area contributed by atoms with Crippen LogP contribution in [0.3, 0.4) is 0 Å². The Labute approximate surface area is 129 Å². The molecule has 1 atom stereocenters. The fraction of sp³-hybridized carbons (Fsp3) is 0.875. The molecule has 5 heteroatoms. The van der Waals surface area contributed by atoms with Gasteiger partial charge in [-0.2, -0.15) is 0 Å². The number of allylic oxidation sites excluding steroid dienone is 2. The molecule has 0 radical (unpaired) electrons. The van der Waals surface area contributed by atoms with Gasteiger partial charge in [-0.15, -0.1) is 0 Å². The van der Waals surface area contributed by atoms with Crippen molar-refractivity contribution in [3.63, 3.8) is 0 Å². The minimum atomic E-state index is -2.74. The van der Waals surface area contributed by atoms with Crippen molar-refractivity contribution in [3.05, 3.63) is 12.2 Å². The standard InChI is InChI=1S/C16H28N2O2S/c19-21(20)12-10-18(11-13-21)16-6-8-17(9-7-16)14-15-4-2-1-3-5-15/h1-2,15-16H,3-14H2. The van der Waals surface area contributed by atoms with Gasteiger partial charge in [-0.3, -0.25) is 4.90 Å². The zero-order valence-electron chi connectivity index (χ0n) is 12.9. The number of nitrogens with zero attached hydrogens (tertiary/aromatic N) is 2. The van der Waals surface area contributed by atoms with Gasteiger partial charge in [0.05, 0.1) is 11.5 Å². The van der Waals surface area contributed by atoms with Crippen LogP contribution in [0.5, 0.6) is 0 Å². The summed E-state index contributed by atoms with van der Waals surface area (Å²) in [6.07, 6.45) is 10.9. The van der Waals surface area contributed by atoms with E-state index in [0.29, 0.717) is 17.5 Å². The molecule has 3 aliphatic rings. The van der Waals surface area contributed by atoms with Crippen molar-refractivity contribution in [2.75, 3.05) is 44.2 Å². The zero-order valence-corrected chi connectivity index (χ0v) is 13.7. The Balaban J connectivity index is 1.42. The molecule has 21 heavy (non-hydrogen) atoms. The fourth-order valence-electron chi connectivity index (χ4n) is 3.95. The Morgan fingerprint density at radius 3 is 2.29 bits per heavy atom. The van der Waals surface area contributed by atoms with Gasteiger partial charge in [0.1, 0.15) is 0 Å². The first-order valence-electron chi connectivity index (χ1n) is 8.44. The first-order chi connectivity index (χ1) is 10.1. The highest BCUT2D eigenvalue weighted by Crippen LogP contribution is 2.23. The highest BCUT2D eigenvalue weighted by Gasteiger charge is 2.30. The third-order valence-corrected chi connectivity index (χ3v) is 6.96. The molecule has 0 aromatic heterocycles. The molecule has 0 N–H and O–H groups in total. The van der Waals surface area contributed by atoms with Crippen molar-refractivity contribution in [3.8, 4) is 0 Å². The molecular formula is C16H28N2O2S. The van der Waals surface area contributed by atoms with E-state index < -0.39 is 9.84 Å². The summed E-state index contributed by atoms with van der Waals surface area (Å²) in [5, 5.41) is 0. The molecule has 0 amide bonds. The predicted octanol–water partition coefficient (Wildman–Crippen LogP) is 1.54. The summed E-state index contributed by atoms with van der Waals surface area (Å²) >= 11 is 0. The Morgan fingerprint density at radius 2 is 1.67 bits per heavy atom.